The van der Waals surface area contributed by atoms with Crippen molar-refractivity contribution in [3.63, 3.8) is 0 Å². The van der Waals surface area contributed by atoms with E-state index in [1.165, 1.54) is 0 Å². The van der Waals surface area contributed by atoms with Gasteiger partial charge in [0.1, 0.15) is 0 Å². The third-order valence-electron chi connectivity index (χ3n) is 1.70. The molecule has 0 bridgehead atoms. The van der Waals surface area contributed by atoms with Gasteiger partial charge in [0.2, 0.25) is 5.91 Å². The number of carbonyl (C=O) groups is 1. The van der Waals surface area contributed by atoms with Crippen molar-refractivity contribution in [1.82, 2.24) is 0 Å². The Labute approximate surface area is 93.8 Å². The first-order valence-corrected chi connectivity index (χ1v) is 4.26. The van der Waals surface area contributed by atoms with E-state index in [4.69, 9.17) is 23.1 Å². The average Bonchev–Trinajstić information content (AvgIpc) is 2.03. The van der Waals surface area contributed by atoms with Gasteiger partial charge in [0, 0.05) is 17.5 Å². The van der Waals surface area contributed by atoms with Crippen LogP contribution in [0.25, 0.3) is 0 Å². The Morgan fingerprint density at radius 1 is 1.50 bits per heavy atom. The van der Waals surface area contributed by atoms with Crippen molar-refractivity contribution < 1.29 is 4.79 Å². The first-order valence-electron chi connectivity index (χ1n) is 3.89. The highest BCUT2D eigenvalue weighted by molar-refractivity contribution is 6.30. The zero-order chi connectivity index (χ0) is 9.84. The highest BCUT2D eigenvalue weighted by Gasteiger charge is 2.08. The highest BCUT2D eigenvalue weighted by atomic mass is 35.5. The number of nitrogens with two attached hydrogens (primary N) is 2. The van der Waals surface area contributed by atoms with E-state index in [1.807, 2.05) is 6.07 Å². The van der Waals surface area contributed by atoms with Crippen molar-refractivity contribution in [2.75, 3.05) is 0 Å². The lowest BCUT2D eigenvalue weighted by Gasteiger charge is -2.09. The number of hydrogen-bond donors (Lipinski definition) is 2. The van der Waals surface area contributed by atoms with Crippen molar-refractivity contribution in [1.29, 1.82) is 0 Å². The summed E-state index contributed by atoms with van der Waals surface area (Å²) in [4.78, 5) is 10.6. The first-order chi connectivity index (χ1) is 6.09. The predicted molar refractivity (Wildman–Crippen MR) is 59.4 cm³/mol. The quantitative estimate of drug-likeness (QED) is 0.835. The van der Waals surface area contributed by atoms with Crippen molar-refractivity contribution >= 4 is 29.9 Å². The summed E-state index contributed by atoms with van der Waals surface area (Å²) in [7, 11) is 0. The van der Waals surface area contributed by atoms with Gasteiger partial charge in [-0.15, -0.1) is 12.4 Å². The Kier molecular flexibility index (Phi) is 5.53. The monoisotopic (exact) mass is 234 g/mol. The Morgan fingerprint density at radius 3 is 2.64 bits per heavy atom. The smallest absolute Gasteiger partial charge is 0.219 e. The summed E-state index contributed by atoms with van der Waals surface area (Å²) in [6.45, 7) is 0. The molecule has 1 amide bonds. The predicted octanol–water partition coefficient (Wildman–Crippen LogP) is 1.64. The third-order valence-corrected chi connectivity index (χ3v) is 1.93. The average molecular weight is 235 g/mol. The lowest BCUT2D eigenvalue weighted by atomic mass is 10.0. The van der Waals surface area contributed by atoms with Crippen LogP contribution in [0.3, 0.4) is 0 Å². The molecule has 0 spiro atoms. The summed E-state index contributed by atoms with van der Waals surface area (Å²) in [6.07, 6.45) is 0.139. The minimum Gasteiger partial charge on any atom is -0.370 e. The van der Waals surface area contributed by atoms with Crippen molar-refractivity contribution in [2.24, 2.45) is 11.5 Å². The summed E-state index contributed by atoms with van der Waals surface area (Å²) < 4.78 is 0. The van der Waals surface area contributed by atoms with Crippen LogP contribution >= 0.6 is 24.0 Å². The van der Waals surface area contributed by atoms with Crippen molar-refractivity contribution in [2.45, 2.75) is 12.5 Å². The third kappa shape index (κ3) is 3.96. The molecular formula is C9H12Cl2N2O. The molecule has 0 heterocycles. The van der Waals surface area contributed by atoms with E-state index >= 15 is 0 Å². The van der Waals surface area contributed by atoms with Gasteiger partial charge in [-0.25, -0.2) is 0 Å². The van der Waals surface area contributed by atoms with Crippen LogP contribution in [0.15, 0.2) is 24.3 Å². The maximum atomic E-state index is 10.6. The molecule has 0 fully saturated rings. The SMILES string of the molecule is Cl.NC(=O)C[C@H](N)c1cccc(Cl)c1. The first kappa shape index (κ1) is 13.2. The molecule has 78 valence electrons. The minimum absolute atomic E-state index is 0. The van der Waals surface area contributed by atoms with Gasteiger partial charge in [0.25, 0.3) is 0 Å². The lowest BCUT2D eigenvalue weighted by molar-refractivity contribution is -0.118. The molecule has 3 nitrogen and oxygen atoms in total. The van der Waals surface area contributed by atoms with E-state index in [1.54, 1.807) is 18.2 Å². The number of hydrogen-bond acceptors (Lipinski definition) is 2. The molecular weight excluding hydrogens is 223 g/mol. The lowest BCUT2D eigenvalue weighted by Crippen LogP contribution is -2.20. The van der Waals surface area contributed by atoms with Crippen LogP contribution in [0, 0.1) is 0 Å². The molecule has 1 rings (SSSR count). The fourth-order valence-electron chi connectivity index (χ4n) is 1.07. The maximum absolute atomic E-state index is 10.6. The number of amides is 1. The van der Waals surface area contributed by atoms with Gasteiger partial charge in [0.05, 0.1) is 0 Å². The number of carbonyl (C=O) groups excluding carboxylic acids is 1. The number of primary amides is 1. The van der Waals surface area contributed by atoms with Gasteiger partial charge in [-0.05, 0) is 17.7 Å². The van der Waals surface area contributed by atoms with Crippen LogP contribution in [0.1, 0.15) is 18.0 Å². The Bertz CT molecular complexity index is 317. The largest absolute Gasteiger partial charge is 0.370 e. The minimum atomic E-state index is -0.410. The van der Waals surface area contributed by atoms with Crippen molar-refractivity contribution in [3.05, 3.63) is 34.9 Å². The fraction of sp³-hybridized carbons (Fsp3) is 0.222. The Hall–Kier alpha value is -0.770. The summed E-state index contributed by atoms with van der Waals surface area (Å²) >= 11 is 5.75. The number of benzene rings is 1. The molecule has 0 aliphatic carbocycles. The van der Waals surface area contributed by atoms with Crippen LogP contribution in [-0.4, -0.2) is 5.91 Å². The molecule has 0 aliphatic rings. The van der Waals surface area contributed by atoms with Crippen LogP contribution in [0.2, 0.25) is 5.02 Å². The van der Waals surface area contributed by atoms with E-state index in [0.717, 1.165) is 5.56 Å². The van der Waals surface area contributed by atoms with Crippen LogP contribution in [0.5, 0.6) is 0 Å². The zero-order valence-corrected chi connectivity index (χ0v) is 9.02. The second kappa shape index (κ2) is 5.86. The maximum Gasteiger partial charge on any atom is 0.219 e. The molecule has 5 heteroatoms. The van der Waals surface area contributed by atoms with Crippen molar-refractivity contribution in [3.8, 4) is 0 Å². The molecule has 14 heavy (non-hydrogen) atoms. The normalized spacial score (nSPS) is 11.6. The van der Waals surface area contributed by atoms with Gasteiger partial charge in [-0.2, -0.15) is 0 Å². The molecule has 4 N–H and O–H groups in total. The molecule has 1 atom stereocenters. The van der Waals surface area contributed by atoms with E-state index in [9.17, 15) is 4.79 Å². The van der Waals surface area contributed by atoms with E-state index < -0.39 is 5.91 Å². The van der Waals surface area contributed by atoms with Crippen LogP contribution < -0.4 is 11.5 Å². The van der Waals surface area contributed by atoms with Crippen LogP contribution in [0.4, 0.5) is 0 Å². The second-order valence-corrected chi connectivity index (χ2v) is 3.27. The standard InChI is InChI=1S/C9H11ClN2O.ClH/c10-7-3-1-2-6(4-7)8(11)5-9(12)13;/h1-4,8H,5,11H2,(H2,12,13);1H/t8-;/m0./s1. The fourth-order valence-corrected chi connectivity index (χ4v) is 1.27. The highest BCUT2D eigenvalue weighted by Crippen LogP contribution is 2.17. The molecule has 1 aromatic carbocycles. The van der Waals surface area contributed by atoms with E-state index in [-0.39, 0.29) is 24.9 Å². The van der Waals surface area contributed by atoms with Crippen LogP contribution in [-0.2, 0) is 4.79 Å². The molecule has 0 saturated heterocycles. The van der Waals surface area contributed by atoms with Gasteiger partial charge in [-0.3, -0.25) is 4.79 Å². The Morgan fingerprint density at radius 2 is 2.14 bits per heavy atom. The molecule has 0 radical (unpaired) electrons. The van der Waals surface area contributed by atoms with Gasteiger partial charge in [-0.1, -0.05) is 23.7 Å². The summed E-state index contributed by atoms with van der Waals surface area (Å²) in [6, 6.07) is 6.73. The zero-order valence-electron chi connectivity index (χ0n) is 7.44. The van der Waals surface area contributed by atoms with E-state index in [2.05, 4.69) is 0 Å². The number of halogens is 2. The summed E-state index contributed by atoms with van der Waals surface area (Å²) in [5.74, 6) is -0.410. The molecule has 0 aliphatic heterocycles. The number of rotatable bonds is 3. The second-order valence-electron chi connectivity index (χ2n) is 2.83. The molecule has 1 aromatic rings. The summed E-state index contributed by atoms with van der Waals surface area (Å²) in [5, 5.41) is 0.609. The van der Waals surface area contributed by atoms with Gasteiger partial charge in [0.15, 0.2) is 0 Å². The summed E-state index contributed by atoms with van der Waals surface area (Å²) in [5.41, 5.74) is 11.5. The Balaban J connectivity index is 0.00000169. The van der Waals surface area contributed by atoms with Gasteiger partial charge >= 0.3 is 0 Å². The van der Waals surface area contributed by atoms with E-state index in [0.29, 0.717) is 5.02 Å². The molecule has 0 saturated carbocycles. The van der Waals surface area contributed by atoms with Gasteiger partial charge < -0.3 is 11.5 Å². The molecule has 0 aromatic heterocycles. The molecule has 0 unspecified atom stereocenters. The topological polar surface area (TPSA) is 69.1 Å².